The summed E-state index contributed by atoms with van der Waals surface area (Å²) < 4.78 is 13.1. The van der Waals surface area contributed by atoms with Crippen molar-refractivity contribution in [1.82, 2.24) is 14.8 Å². The average molecular weight is 509 g/mol. The molecular weight excluding hydrogens is 484 g/mol. The number of aryl methyl sites for hydroxylation is 2. The Morgan fingerprint density at radius 3 is 2.40 bits per heavy atom. The van der Waals surface area contributed by atoms with Crippen LogP contribution in [0.5, 0.6) is 11.5 Å². The first-order valence-corrected chi connectivity index (χ1v) is 12.3. The number of anilines is 1. The fourth-order valence-electron chi connectivity index (χ4n) is 3.34. The molecule has 1 N–H and O–H groups in total. The summed E-state index contributed by atoms with van der Waals surface area (Å²) >= 11 is 7.31. The number of ether oxygens (including phenoxy) is 2. The van der Waals surface area contributed by atoms with E-state index >= 15 is 0 Å². The van der Waals surface area contributed by atoms with Gasteiger partial charge < -0.3 is 14.8 Å². The van der Waals surface area contributed by atoms with E-state index in [2.05, 4.69) is 15.5 Å². The van der Waals surface area contributed by atoms with Gasteiger partial charge in [-0.3, -0.25) is 9.36 Å². The molecule has 0 fully saturated rings. The molecule has 180 valence electrons. The Labute approximate surface area is 213 Å². The molecule has 7 nitrogen and oxygen atoms in total. The lowest BCUT2D eigenvalue weighted by Crippen LogP contribution is -2.15. The van der Waals surface area contributed by atoms with Gasteiger partial charge in [-0.1, -0.05) is 41.1 Å². The van der Waals surface area contributed by atoms with Crippen LogP contribution in [0.25, 0.3) is 5.69 Å². The van der Waals surface area contributed by atoms with Gasteiger partial charge in [-0.2, -0.15) is 0 Å². The van der Waals surface area contributed by atoms with E-state index in [0.717, 1.165) is 34.0 Å². The lowest BCUT2D eigenvalue weighted by molar-refractivity contribution is -0.113. The van der Waals surface area contributed by atoms with E-state index in [9.17, 15) is 4.79 Å². The number of carbonyl (C=O) groups excluding carboxylic acids is 1. The maximum Gasteiger partial charge on any atom is 0.234 e. The molecule has 0 aliphatic heterocycles. The van der Waals surface area contributed by atoms with Crippen LogP contribution in [0.4, 0.5) is 5.69 Å². The number of carbonyl (C=O) groups is 1. The van der Waals surface area contributed by atoms with Gasteiger partial charge in [-0.25, -0.2) is 0 Å². The highest BCUT2D eigenvalue weighted by Crippen LogP contribution is 2.26. The highest BCUT2D eigenvalue weighted by molar-refractivity contribution is 7.99. The molecule has 4 rings (SSSR count). The average Bonchev–Trinajstić information content (AvgIpc) is 3.27. The summed E-state index contributed by atoms with van der Waals surface area (Å²) in [4.78, 5) is 12.6. The van der Waals surface area contributed by atoms with E-state index < -0.39 is 0 Å². The molecule has 0 saturated carbocycles. The molecule has 4 aromatic rings. The van der Waals surface area contributed by atoms with Gasteiger partial charge in [0.2, 0.25) is 5.91 Å². The van der Waals surface area contributed by atoms with Crippen molar-refractivity contribution < 1.29 is 14.3 Å². The molecule has 3 aromatic carbocycles. The number of methoxy groups -OCH3 is 1. The maximum absolute atomic E-state index is 12.6. The Hall–Kier alpha value is -3.49. The molecule has 1 amide bonds. The minimum Gasteiger partial charge on any atom is -0.497 e. The van der Waals surface area contributed by atoms with E-state index in [1.165, 1.54) is 11.8 Å². The number of hydrogen-bond acceptors (Lipinski definition) is 6. The topological polar surface area (TPSA) is 78.3 Å². The smallest absolute Gasteiger partial charge is 0.234 e. The first kappa shape index (κ1) is 24.6. The van der Waals surface area contributed by atoms with Crippen LogP contribution in [0.1, 0.15) is 17.0 Å². The second-order valence-electron chi connectivity index (χ2n) is 7.83. The zero-order valence-electron chi connectivity index (χ0n) is 19.6. The molecule has 0 atom stereocenters. The Balaban J connectivity index is 1.52. The van der Waals surface area contributed by atoms with Gasteiger partial charge in [-0.15, -0.1) is 10.2 Å². The number of benzene rings is 3. The van der Waals surface area contributed by atoms with E-state index in [4.69, 9.17) is 21.1 Å². The second kappa shape index (κ2) is 11.3. The molecule has 0 saturated heterocycles. The van der Waals surface area contributed by atoms with Crippen molar-refractivity contribution >= 4 is 35.0 Å². The summed E-state index contributed by atoms with van der Waals surface area (Å²) in [5.41, 5.74) is 3.62. The van der Waals surface area contributed by atoms with E-state index in [0.29, 0.717) is 16.0 Å². The van der Waals surface area contributed by atoms with Crippen molar-refractivity contribution in [2.24, 2.45) is 0 Å². The van der Waals surface area contributed by atoms with Gasteiger partial charge in [0.25, 0.3) is 0 Å². The number of thioether (sulfide) groups is 1. The summed E-state index contributed by atoms with van der Waals surface area (Å²) in [7, 11) is 1.62. The normalized spacial score (nSPS) is 10.7. The quantitative estimate of drug-likeness (QED) is 0.285. The summed E-state index contributed by atoms with van der Waals surface area (Å²) in [5.74, 6) is 2.11. The van der Waals surface area contributed by atoms with Crippen LogP contribution < -0.4 is 14.8 Å². The molecule has 0 aliphatic carbocycles. The molecule has 1 heterocycles. The number of amides is 1. The van der Waals surface area contributed by atoms with Crippen LogP contribution in [0.2, 0.25) is 5.02 Å². The number of aromatic nitrogens is 3. The summed E-state index contributed by atoms with van der Waals surface area (Å²) in [6.45, 7) is 4.14. The third kappa shape index (κ3) is 6.35. The van der Waals surface area contributed by atoms with Crippen molar-refractivity contribution in [3.05, 3.63) is 88.7 Å². The number of rotatable bonds is 9. The van der Waals surface area contributed by atoms with Gasteiger partial charge in [-0.05, 0) is 74.0 Å². The number of nitrogens with zero attached hydrogens (tertiary/aromatic N) is 3. The minimum absolute atomic E-state index is 0.151. The molecule has 0 spiro atoms. The fourth-order valence-corrected chi connectivity index (χ4v) is 4.34. The predicted molar refractivity (Wildman–Crippen MR) is 139 cm³/mol. The van der Waals surface area contributed by atoms with Crippen LogP contribution in [0.3, 0.4) is 0 Å². The minimum atomic E-state index is -0.151. The Kier molecular flexibility index (Phi) is 7.94. The Morgan fingerprint density at radius 2 is 1.71 bits per heavy atom. The van der Waals surface area contributed by atoms with Gasteiger partial charge in [0.05, 0.1) is 12.9 Å². The third-order valence-corrected chi connectivity index (χ3v) is 6.38. The zero-order chi connectivity index (χ0) is 24.8. The van der Waals surface area contributed by atoms with Gasteiger partial charge >= 0.3 is 0 Å². The number of halogens is 1. The monoisotopic (exact) mass is 508 g/mol. The van der Waals surface area contributed by atoms with Gasteiger partial charge in [0.15, 0.2) is 11.0 Å². The van der Waals surface area contributed by atoms with Crippen molar-refractivity contribution in [3.8, 4) is 17.2 Å². The van der Waals surface area contributed by atoms with E-state index in [1.54, 1.807) is 19.2 Å². The van der Waals surface area contributed by atoms with Crippen LogP contribution in [-0.2, 0) is 11.4 Å². The summed E-state index contributed by atoms with van der Waals surface area (Å²) in [6, 6.07) is 20.7. The van der Waals surface area contributed by atoms with Crippen LogP contribution in [-0.4, -0.2) is 33.5 Å². The third-order valence-electron chi connectivity index (χ3n) is 5.21. The first-order valence-electron chi connectivity index (χ1n) is 10.9. The molecule has 0 bridgehead atoms. The molecule has 9 heteroatoms. The van der Waals surface area contributed by atoms with E-state index in [-0.39, 0.29) is 18.3 Å². The SMILES string of the molecule is COc1ccc(-n2c(COc3ccc(C)cc3)nnc2SCC(=O)Nc2ccc(Cl)cc2C)cc1. The summed E-state index contributed by atoms with van der Waals surface area (Å²) in [6.07, 6.45) is 0. The van der Waals surface area contributed by atoms with Crippen LogP contribution >= 0.6 is 23.4 Å². The lowest BCUT2D eigenvalue weighted by Gasteiger charge is -2.12. The van der Waals surface area contributed by atoms with Gasteiger partial charge in [0, 0.05) is 16.4 Å². The standard InChI is InChI=1S/C26H25ClN4O3S/c1-17-4-9-22(10-5-17)34-15-24-29-30-26(31(24)20-7-11-21(33-3)12-8-20)35-16-25(32)28-23-13-6-19(27)14-18(23)2/h4-14H,15-16H2,1-3H3,(H,28,32). The highest BCUT2D eigenvalue weighted by Gasteiger charge is 2.17. The fraction of sp³-hybridized carbons (Fsp3) is 0.192. The second-order valence-corrected chi connectivity index (χ2v) is 9.21. The molecular formula is C26H25ClN4O3S. The van der Waals surface area contributed by atoms with Crippen molar-refractivity contribution in [2.45, 2.75) is 25.6 Å². The molecule has 0 radical (unpaired) electrons. The van der Waals surface area contributed by atoms with Crippen molar-refractivity contribution in [3.63, 3.8) is 0 Å². The maximum atomic E-state index is 12.6. The predicted octanol–water partition coefficient (Wildman–Crippen LogP) is 5.86. The highest BCUT2D eigenvalue weighted by atomic mass is 35.5. The summed E-state index contributed by atoms with van der Waals surface area (Å²) in [5, 5.41) is 12.8. The molecule has 1 aromatic heterocycles. The molecule has 35 heavy (non-hydrogen) atoms. The van der Waals surface area contributed by atoms with Crippen molar-refractivity contribution in [1.29, 1.82) is 0 Å². The van der Waals surface area contributed by atoms with Crippen molar-refractivity contribution in [2.75, 3.05) is 18.2 Å². The number of nitrogens with one attached hydrogen (secondary N) is 1. The zero-order valence-corrected chi connectivity index (χ0v) is 21.2. The first-order chi connectivity index (χ1) is 16.9. The number of hydrogen-bond donors (Lipinski definition) is 1. The lowest BCUT2D eigenvalue weighted by atomic mass is 10.2. The Morgan fingerprint density at radius 1 is 1.00 bits per heavy atom. The molecule has 0 aliphatic rings. The van der Waals surface area contributed by atoms with E-state index in [1.807, 2.05) is 73.0 Å². The largest absolute Gasteiger partial charge is 0.497 e. The van der Waals surface area contributed by atoms with Crippen LogP contribution in [0.15, 0.2) is 71.9 Å². The van der Waals surface area contributed by atoms with Gasteiger partial charge in [0.1, 0.15) is 18.1 Å². The van der Waals surface area contributed by atoms with Crippen LogP contribution in [0, 0.1) is 13.8 Å². The molecule has 0 unspecified atom stereocenters. The Bertz CT molecular complexity index is 1310.